The number of carbonyl (C=O) groups is 1. The van der Waals surface area contributed by atoms with Crippen molar-refractivity contribution in [2.24, 2.45) is 0 Å². The van der Waals surface area contributed by atoms with Crippen LogP contribution in [-0.4, -0.2) is 38.1 Å². The number of halogens is 1. The molecule has 0 saturated heterocycles. The van der Waals surface area contributed by atoms with Crippen molar-refractivity contribution in [1.82, 2.24) is 19.6 Å². The molecule has 1 aliphatic carbocycles. The minimum Gasteiger partial charge on any atom is -0.379 e. The van der Waals surface area contributed by atoms with E-state index in [0.717, 1.165) is 24.7 Å². The van der Waals surface area contributed by atoms with E-state index >= 15 is 0 Å². The normalized spacial score (nSPS) is 13.0. The van der Waals surface area contributed by atoms with E-state index in [1.54, 1.807) is 0 Å². The molecule has 0 aliphatic heterocycles. The van der Waals surface area contributed by atoms with E-state index in [-0.39, 0.29) is 17.3 Å². The van der Waals surface area contributed by atoms with Crippen molar-refractivity contribution in [3.05, 3.63) is 114 Å². The molecule has 6 rings (SSSR count). The Bertz CT molecular complexity index is 1530. The van der Waals surface area contributed by atoms with Crippen LogP contribution in [0, 0.1) is 5.82 Å². The summed E-state index contributed by atoms with van der Waals surface area (Å²) in [5, 5.41) is 14.3. The number of nitrogens with zero attached hydrogens (tertiary/aromatic N) is 4. The Morgan fingerprint density at radius 2 is 1.68 bits per heavy atom. The first kappa shape index (κ1) is 23.6. The van der Waals surface area contributed by atoms with E-state index in [1.807, 2.05) is 42.5 Å². The Morgan fingerprint density at radius 3 is 2.34 bits per heavy atom. The van der Waals surface area contributed by atoms with Crippen LogP contribution in [0.5, 0.6) is 0 Å². The number of hydrogen-bond acceptors (Lipinski definition) is 6. The Kier molecular flexibility index (Phi) is 6.39. The molecule has 3 N–H and O–H groups in total. The minimum atomic E-state index is -0.617. The summed E-state index contributed by atoms with van der Waals surface area (Å²) in [5.41, 5.74) is 3.93. The average molecular weight is 508 g/mol. The number of carbonyl (C=O) groups excluding carboxylic acids is 1. The van der Waals surface area contributed by atoms with Gasteiger partial charge in [-0.3, -0.25) is 9.78 Å². The van der Waals surface area contributed by atoms with Crippen molar-refractivity contribution in [3.8, 4) is 0 Å². The van der Waals surface area contributed by atoms with Crippen LogP contribution in [-0.2, 0) is 0 Å². The maximum atomic E-state index is 14.1. The van der Waals surface area contributed by atoms with Gasteiger partial charge in [-0.25, -0.2) is 13.9 Å². The Balaban J connectivity index is 1.32. The number of nitrogens with one attached hydrogen (secondary N) is 3. The summed E-state index contributed by atoms with van der Waals surface area (Å²) in [4.78, 5) is 21.3. The minimum absolute atomic E-state index is 0.0409. The molecule has 9 heteroatoms. The van der Waals surface area contributed by atoms with Crippen LogP contribution in [0.15, 0.2) is 91.4 Å². The molecule has 1 saturated carbocycles. The van der Waals surface area contributed by atoms with Gasteiger partial charge in [0.1, 0.15) is 5.82 Å². The zero-order valence-electron chi connectivity index (χ0n) is 20.5. The average Bonchev–Trinajstić information content (AvgIpc) is 3.66. The summed E-state index contributed by atoms with van der Waals surface area (Å²) in [7, 11) is 0. The highest BCUT2D eigenvalue weighted by Gasteiger charge is 2.25. The van der Waals surface area contributed by atoms with Gasteiger partial charge in [0.05, 0.1) is 23.8 Å². The number of fused-ring (bicyclic) bond motifs is 1. The highest BCUT2D eigenvalue weighted by atomic mass is 19.1. The molecule has 0 radical (unpaired) electrons. The maximum absolute atomic E-state index is 14.1. The van der Waals surface area contributed by atoms with Crippen LogP contribution >= 0.6 is 0 Å². The van der Waals surface area contributed by atoms with Crippen LogP contribution in [0.3, 0.4) is 0 Å². The molecule has 1 amide bonds. The van der Waals surface area contributed by atoms with Crippen LogP contribution in [0.2, 0.25) is 0 Å². The first-order valence-corrected chi connectivity index (χ1v) is 12.6. The van der Waals surface area contributed by atoms with Gasteiger partial charge >= 0.3 is 0 Å². The summed E-state index contributed by atoms with van der Waals surface area (Å²) in [5.74, 6) is -0.445. The standard InChI is InChI=1S/C29H26FN7O/c30-23-17-31-14-13-24(23)35-29(38)26-18-33-28-25(34-21-11-12-21)15-27(36-37(26)28)32-16-22(19-7-3-1-4-8-19)20-9-5-2-6-10-20/h1-10,13-15,17-18,21-22,34H,11-12,16H2,(H,32,36)(H,31,35,38). The van der Waals surface area contributed by atoms with Crippen molar-refractivity contribution in [1.29, 1.82) is 0 Å². The summed E-state index contributed by atoms with van der Waals surface area (Å²) in [6, 6.07) is 24.3. The summed E-state index contributed by atoms with van der Waals surface area (Å²) in [6.45, 7) is 0.591. The van der Waals surface area contributed by atoms with E-state index in [0.29, 0.717) is 24.1 Å². The topological polar surface area (TPSA) is 96.2 Å². The molecule has 0 bridgehead atoms. The van der Waals surface area contributed by atoms with Crippen molar-refractivity contribution in [3.63, 3.8) is 0 Å². The molecule has 38 heavy (non-hydrogen) atoms. The molecular weight excluding hydrogens is 481 g/mol. The second-order valence-electron chi connectivity index (χ2n) is 9.31. The zero-order chi connectivity index (χ0) is 25.9. The van der Waals surface area contributed by atoms with Gasteiger partial charge in [-0.05, 0) is 30.0 Å². The van der Waals surface area contributed by atoms with Crippen LogP contribution in [0.4, 0.5) is 21.6 Å². The van der Waals surface area contributed by atoms with Gasteiger partial charge in [-0.15, -0.1) is 5.10 Å². The summed E-state index contributed by atoms with van der Waals surface area (Å²) in [6.07, 6.45) is 6.09. The van der Waals surface area contributed by atoms with Crippen LogP contribution in [0.25, 0.3) is 5.65 Å². The summed E-state index contributed by atoms with van der Waals surface area (Å²) >= 11 is 0. The Hall–Kier alpha value is -4.79. The molecule has 5 aromatic rings. The zero-order valence-corrected chi connectivity index (χ0v) is 20.5. The number of amides is 1. The first-order valence-electron chi connectivity index (χ1n) is 12.6. The lowest BCUT2D eigenvalue weighted by Gasteiger charge is -2.20. The maximum Gasteiger partial charge on any atom is 0.276 e. The molecule has 0 unspecified atom stereocenters. The number of rotatable bonds is 9. The fourth-order valence-corrected chi connectivity index (χ4v) is 4.43. The monoisotopic (exact) mass is 507 g/mol. The number of aromatic nitrogens is 4. The molecule has 2 aromatic carbocycles. The summed E-state index contributed by atoms with van der Waals surface area (Å²) < 4.78 is 15.6. The van der Waals surface area contributed by atoms with Gasteiger partial charge in [0, 0.05) is 30.8 Å². The third-order valence-corrected chi connectivity index (χ3v) is 6.55. The predicted octanol–water partition coefficient (Wildman–Crippen LogP) is 5.33. The van der Waals surface area contributed by atoms with Gasteiger partial charge in [-0.1, -0.05) is 60.7 Å². The first-order chi connectivity index (χ1) is 18.7. The van der Waals surface area contributed by atoms with E-state index in [1.165, 1.54) is 34.1 Å². The molecule has 8 nitrogen and oxygen atoms in total. The molecule has 3 heterocycles. The number of hydrogen-bond donors (Lipinski definition) is 3. The lowest BCUT2D eigenvalue weighted by Crippen LogP contribution is -2.19. The second-order valence-corrected chi connectivity index (χ2v) is 9.31. The van der Waals surface area contributed by atoms with Gasteiger partial charge in [-0.2, -0.15) is 0 Å². The highest BCUT2D eigenvalue weighted by Crippen LogP contribution is 2.30. The van der Waals surface area contributed by atoms with Crippen molar-refractivity contribution >= 4 is 28.7 Å². The number of pyridine rings is 1. The van der Waals surface area contributed by atoms with E-state index in [9.17, 15) is 9.18 Å². The lowest BCUT2D eigenvalue weighted by molar-refractivity contribution is 0.102. The fourth-order valence-electron chi connectivity index (χ4n) is 4.43. The van der Waals surface area contributed by atoms with Crippen molar-refractivity contribution in [2.75, 3.05) is 22.5 Å². The molecule has 1 fully saturated rings. The second kappa shape index (κ2) is 10.3. The molecule has 0 atom stereocenters. The van der Waals surface area contributed by atoms with Crippen LogP contribution < -0.4 is 16.0 Å². The largest absolute Gasteiger partial charge is 0.379 e. The van der Waals surface area contributed by atoms with Crippen LogP contribution in [0.1, 0.15) is 40.4 Å². The molecule has 3 aromatic heterocycles. The number of benzene rings is 2. The number of imidazole rings is 1. The van der Waals surface area contributed by atoms with E-state index < -0.39 is 11.7 Å². The van der Waals surface area contributed by atoms with Crippen molar-refractivity contribution in [2.45, 2.75) is 24.8 Å². The third-order valence-electron chi connectivity index (χ3n) is 6.55. The van der Waals surface area contributed by atoms with Gasteiger partial charge in [0.2, 0.25) is 0 Å². The molecule has 0 spiro atoms. The SMILES string of the molecule is O=C(Nc1ccncc1F)c1cnc2c(NC3CC3)cc(NCC(c3ccccc3)c3ccccc3)nn12. The fraction of sp³-hybridized carbons (Fsp3) is 0.172. The van der Waals surface area contributed by atoms with Crippen molar-refractivity contribution < 1.29 is 9.18 Å². The van der Waals surface area contributed by atoms with E-state index in [2.05, 4.69) is 50.2 Å². The quantitative estimate of drug-likeness (QED) is 0.249. The Labute approximate surface area is 219 Å². The molecular formula is C29H26FN7O. The highest BCUT2D eigenvalue weighted by molar-refractivity contribution is 6.03. The molecule has 1 aliphatic rings. The van der Waals surface area contributed by atoms with Gasteiger partial charge in [0.15, 0.2) is 17.2 Å². The van der Waals surface area contributed by atoms with E-state index in [4.69, 9.17) is 5.10 Å². The number of anilines is 3. The third kappa shape index (κ3) is 5.04. The Morgan fingerprint density at radius 1 is 0.974 bits per heavy atom. The lowest BCUT2D eigenvalue weighted by atomic mass is 9.91. The van der Waals surface area contributed by atoms with Gasteiger partial charge < -0.3 is 16.0 Å². The smallest absolute Gasteiger partial charge is 0.276 e. The van der Waals surface area contributed by atoms with Gasteiger partial charge in [0.25, 0.3) is 5.91 Å². The molecule has 190 valence electrons. The predicted molar refractivity (Wildman–Crippen MR) is 145 cm³/mol.